The highest BCUT2D eigenvalue weighted by Gasteiger charge is 2.40. The maximum absolute atomic E-state index is 12.4. The van der Waals surface area contributed by atoms with Crippen LogP contribution in [0.25, 0.3) is 0 Å². The van der Waals surface area contributed by atoms with Gasteiger partial charge in [-0.3, -0.25) is 0 Å². The van der Waals surface area contributed by atoms with Gasteiger partial charge in [0.1, 0.15) is 12.4 Å². The molecule has 2 fully saturated rings. The quantitative estimate of drug-likeness (QED) is 0.575. The molecule has 6 heteroatoms. The molecule has 0 aromatic carbocycles. The molecule has 0 bridgehead atoms. The first-order valence-electron chi connectivity index (χ1n) is 7.62. The summed E-state index contributed by atoms with van der Waals surface area (Å²) in [5.74, 6) is 0. The smallest absolute Gasteiger partial charge is 0.410 e. The van der Waals surface area contributed by atoms with Crippen LogP contribution in [0.1, 0.15) is 40.0 Å². The zero-order valence-corrected chi connectivity index (χ0v) is 13.5. The van der Waals surface area contributed by atoms with Crippen LogP contribution in [0.4, 0.5) is 4.79 Å². The van der Waals surface area contributed by atoms with E-state index in [0.717, 1.165) is 25.9 Å². The second kappa shape index (κ2) is 6.94. The third-order valence-corrected chi connectivity index (χ3v) is 3.65. The molecule has 0 aromatic rings. The first-order chi connectivity index (χ1) is 9.90. The van der Waals surface area contributed by atoms with Crippen molar-refractivity contribution in [2.75, 3.05) is 27.1 Å². The summed E-state index contributed by atoms with van der Waals surface area (Å²) >= 11 is 0. The van der Waals surface area contributed by atoms with Crippen LogP contribution in [0, 0.1) is 0 Å². The van der Waals surface area contributed by atoms with E-state index in [-0.39, 0.29) is 31.1 Å². The largest absolute Gasteiger partial charge is 0.444 e. The zero-order valence-electron chi connectivity index (χ0n) is 13.5. The van der Waals surface area contributed by atoms with Crippen molar-refractivity contribution in [2.24, 2.45) is 0 Å². The van der Waals surface area contributed by atoms with Crippen LogP contribution in [-0.2, 0) is 18.9 Å². The first kappa shape index (κ1) is 16.5. The van der Waals surface area contributed by atoms with E-state index in [1.54, 1.807) is 12.0 Å². The number of epoxide rings is 1. The highest BCUT2D eigenvalue weighted by atomic mass is 16.7. The first-order valence-corrected chi connectivity index (χ1v) is 7.62. The Bertz CT molecular complexity index is 350. The molecular formula is C15H27NO5. The summed E-state index contributed by atoms with van der Waals surface area (Å²) in [4.78, 5) is 14.2. The molecule has 2 heterocycles. The van der Waals surface area contributed by atoms with Crippen LogP contribution in [0.3, 0.4) is 0 Å². The molecule has 0 aromatic heterocycles. The van der Waals surface area contributed by atoms with Gasteiger partial charge >= 0.3 is 6.09 Å². The van der Waals surface area contributed by atoms with E-state index in [2.05, 4.69) is 0 Å². The van der Waals surface area contributed by atoms with Crippen LogP contribution in [0.5, 0.6) is 0 Å². The minimum Gasteiger partial charge on any atom is -0.444 e. The number of hydrogen-bond donors (Lipinski definition) is 0. The van der Waals surface area contributed by atoms with E-state index in [1.807, 2.05) is 20.8 Å². The van der Waals surface area contributed by atoms with Crippen molar-refractivity contribution < 1.29 is 23.7 Å². The molecular weight excluding hydrogens is 274 g/mol. The maximum atomic E-state index is 12.4. The van der Waals surface area contributed by atoms with Crippen LogP contribution in [0.15, 0.2) is 0 Å². The Balaban J connectivity index is 2.02. The Morgan fingerprint density at radius 2 is 2.10 bits per heavy atom. The third-order valence-electron chi connectivity index (χ3n) is 3.65. The van der Waals surface area contributed by atoms with Crippen LogP contribution < -0.4 is 0 Å². The predicted octanol–water partition coefficient (Wildman–Crippen LogP) is 2.16. The van der Waals surface area contributed by atoms with Gasteiger partial charge in [-0.05, 0) is 40.0 Å². The van der Waals surface area contributed by atoms with Crippen LogP contribution in [-0.4, -0.2) is 61.9 Å². The summed E-state index contributed by atoms with van der Waals surface area (Å²) in [6, 6.07) is -0.00347. The molecule has 2 saturated heterocycles. The molecule has 0 spiro atoms. The monoisotopic (exact) mass is 301 g/mol. The van der Waals surface area contributed by atoms with E-state index in [4.69, 9.17) is 18.9 Å². The lowest BCUT2D eigenvalue weighted by Gasteiger charge is -2.41. The topological polar surface area (TPSA) is 60.5 Å². The van der Waals surface area contributed by atoms with E-state index in [1.165, 1.54) is 0 Å². The predicted molar refractivity (Wildman–Crippen MR) is 77.1 cm³/mol. The maximum Gasteiger partial charge on any atom is 0.410 e. The fourth-order valence-corrected chi connectivity index (χ4v) is 2.67. The van der Waals surface area contributed by atoms with Crippen LogP contribution in [0.2, 0.25) is 0 Å². The van der Waals surface area contributed by atoms with Crippen LogP contribution >= 0.6 is 0 Å². The molecule has 0 N–H and O–H groups in total. The average molecular weight is 301 g/mol. The zero-order chi connectivity index (χ0) is 15.5. The van der Waals surface area contributed by atoms with Crippen molar-refractivity contribution >= 4 is 6.09 Å². The number of carbonyl (C=O) groups is 1. The lowest BCUT2D eigenvalue weighted by Crippen LogP contribution is -2.53. The van der Waals surface area contributed by atoms with E-state index < -0.39 is 5.60 Å². The van der Waals surface area contributed by atoms with Crippen molar-refractivity contribution in [1.29, 1.82) is 0 Å². The Labute approximate surface area is 126 Å². The van der Waals surface area contributed by atoms with Crippen molar-refractivity contribution in [1.82, 2.24) is 4.90 Å². The molecule has 0 aliphatic carbocycles. The lowest BCUT2D eigenvalue weighted by molar-refractivity contribution is -0.116. The molecule has 21 heavy (non-hydrogen) atoms. The molecule has 0 radical (unpaired) electrons. The van der Waals surface area contributed by atoms with Gasteiger partial charge in [-0.1, -0.05) is 0 Å². The minimum atomic E-state index is -0.488. The Morgan fingerprint density at radius 3 is 2.67 bits per heavy atom. The highest BCUT2D eigenvalue weighted by Crippen LogP contribution is 2.29. The molecule has 3 atom stereocenters. The number of hydrogen-bond acceptors (Lipinski definition) is 5. The van der Waals surface area contributed by atoms with E-state index >= 15 is 0 Å². The van der Waals surface area contributed by atoms with Crippen molar-refractivity contribution in [3.05, 3.63) is 0 Å². The van der Waals surface area contributed by atoms with Gasteiger partial charge in [0.25, 0.3) is 0 Å². The SMILES string of the molecule is COCO[C@H]1CCCN(C(=O)OC(C)(C)C)[C@H]1CC1CO1. The number of rotatable bonds is 5. The van der Waals surface area contributed by atoms with Gasteiger partial charge in [-0.25, -0.2) is 4.79 Å². The summed E-state index contributed by atoms with van der Waals surface area (Å²) in [6.07, 6.45) is 2.60. The fraction of sp³-hybridized carbons (Fsp3) is 0.933. The standard InChI is InChI=1S/C15H27NO5/c1-15(2,3)21-14(17)16-7-5-6-13(20-10-18-4)12(16)8-11-9-19-11/h11-13H,5-10H2,1-4H3/t11?,12-,13-/m0/s1. The fourth-order valence-electron chi connectivity index (χ4n) is 2.67. The van der Waals surface area contributed by atoms with Gasteiger partial charge in [0.15, 0.2) is 0 Å². The van der Waals surface area contributed by atoms with Gasteiger partial charge in [-0.15, -0.1) is 0 Å². The molecule has 1 amide bonds. The summed E-state index contributed by atoms with van der Waals surface area (Å²) in [7, 11) is 1.60. The van der Waals surface area contributed by atoms with E-state index in [0.29, 0.717) is 6.54 Å². The molecule has 0 saturated carbocycles. The Hall–Kier alpha value is -0.850. The number of ether oxygens (including phenoxy) is 4. The average Bonchev–Trinajstić information content (AvgIpc) is 3.19. The molecule has 2 rings (SSSR count). The lowest BCUT2D eigenvalue weighted by atomic mass is 9.95. The summed E-state index contributed by atoms with van der Waals surface area (Å²) < 4.78 is 21.6. The summed E-state index contributed by atoms with van der Waals surface area (Å²) in [5, 5.41) is 0. The van der Waals surface area contributed by atoms with Crippen molar-refractivity contribution in [3.8, 4) is 0 Å². The van der Waals surface area contributed by atoms with Gasteiger partial charge in [0.2, 0.25) is 0 Å². The second-order valence-electron chi connectivity index (χ2n) is 6.69. The van der Waals surface area contributed by atoms with Crippen molar-refractivity contribution in [3.63, 3.8) is 0 Å². The minimum absolute atomic E-state index is 0.00347. The number of amides is 1. The molecule has 1 unspecified atom stereocenters. The van der Waals surface area contributed by atoms with Gasteiger partial charge in [-0.2, -0.15) is 0 Å². The molecule has 6 nitrogen and oxygen atoms in total. The van der Waals surface area contributed by atoms with Crippen molar-refractivity contribution in [2.45, 2.75) is 63.9 Å². The molecule has 2 aliphatic rings. The second-order valence-corrected chi connectivity index (χ2v) is 6.69. The Kier molecular flexibility index (Phi) is 5.46. The van der Waals surface area contributed by atoms with Gasteiger partial charge < -0.3 is 23.8 Å². The molecule has 122 valence electrons. The number of carbonyl (C=O) groups excluding carboxylic acids is 1. The number of nitrogens with zero attached hydrogens (tertiary/aromatic N) is 1. The Morgan fingerprint density at radius 1 is 1.38 bits per heavy atom. The normalized spacial score (nSPS) is 29.3. The van der Waals surface area contributed by atoms with Gasteiger partial charge in [0, 0.05) is 13.7 Å². The third kappa shape index (κ3) is 5.13. The number of piperidine rings is 1. The van der Waals surface area contributed by atoms with E-state index in [9.17, 15) is 4.79 Å². The van der Waals surface area contributed by atoms with Gasteiger partial charge in [0.05, 0.1) is 24.9 Å². The summed E-state index contributed by atoms with van der Waals surface area (Å²) in [5.41, 5.74) is -0.488. The number of likely N-dealkylation sites (tertiary alicyclic amines) is 1. The summed E-state index contributed by atoms with van der Waals surface area (Å²) in [6.45, 7) is 7.37. The molecule has 2 aliphatic heterocycles. The highest BCUT2D eigenvalue weighted by molar-refractivity contribution is 5.68. The number of methoxy groups -OCH3 is 1.